The molecule has 0 aromatic rings. The zero-order valence-corrected chi connectivity index (χ0v) is 6.88. The Bertz CT molecular complexity index is 150. The van der Waals surface area contributed by atoms with Crippen molar-refractivity contribution in [1.29, 1.82) is 0 Å². The Morgan fingerprint density at radius 2 is 2.36 bits per heavy atom. The summed E-state index contributed by atoms with van der Waals surface area (Å²) in [7, 11) is 0. The van der Waals surface area contributed by atoms with Gasteiger partial charge in [-0.2, -0.15) is 0 Å². The van der Waals surface area contributed by atoms with Crippen LogP contribution in [-0.2, 0) is 9.53 Å². The molecule has 0 saturated heterocycles. The van der Waals surface area contributed by atoms with Gasteiger partial charge in [0, 0.05) is 6.42 Å². The molecule has 62 valence electrons. The van der Waals surface area contributed by atoms with Gasteiger partial charge in [0.25, 0.3) is 0 Å². The summed E-state index contributed by atoms with van der Waals surface area (Å²) in [5, 5.41) is 0. The maximum absolute atomic E-state index is 10.3. The zero-order chi connectivity index (χ0) is 8.69. The Labute approximate surface area is 67.6 Å². The van der Waals surface area contributed by atoms with Crippen molar-refractivity contribution >= 4 is 6.29 Å². The lowest BCUT2D eigenvalue weighted by Gasteiger charge is -2.08. The predicted octanol–water partition coefficient (Wildman–Crippen LogP) is 1.72. The molecule has 0 saturated carbocycles. The second-order valence-electron chi connectivity index (χ2n) is 2.46. The molecule has 0 bridgehead atoms. The van der Waals surface area contributed by atoms with E-state index in [1.807, 2.05) is 6.92 Å². The van der Waals surface area contributed by atoms with Crippen LogP contribution in [0.3, 0.4) is 0 Å². The minimum Gasteiger partial charge on any atom is -0.366 e. The van der Waals surface area contributed by atoms with Crippen molar-refractivity contribution in [2.24, 2.45) is 0 Å². The molecule has 11 heavy (non-hydrogen) atoms. The standard InChI is InChI=1S/C9H14O2/c1-4-5-11-9(7-10)6-8(2)3/h4,7,9H,1-2,5-6H2,3H3/t9-/m0/s1. The minimum absolute atomic E-state index is 0.356. The summed E-state index contributed by atoms with van der Waals surface area (Å²) in [6.45, 7) is 9.45. The molecule has 2 nitrogen and oxygen atoms in total. The van der Waals surface area contributed by atoms with E-state index in [0.717, 1.165) is 11.9 Å². The van der Waals surface area contributed by atoms with Crippen LogP contribution >= 0.6 is 0 Å². The van der Waals surface area contributed by atoms with E-state index in [-0.39, 0.29) is 6.10 Å². The van der Waals surface area contributed by atoms with E-state index >= 15 is 0 Å². The maximum Gasteiger partial charge on any atom is 0.149 e. The second-order valence-corrected chi connectivity index (χ2v) is 2.46. The summed E-state index contributed by atoms with van der Waals surface area (Å²) in [5.41, 5.74) is 0.950. The van der Waals surface area contributed by atoms with Crippen LogP contribution < -0.4 is 0 Å². The third-order valence-corrected chi connectivity index (χ3v) is 1.13. The van der Waals surface area contributed by atoms with Crippen LogP contribution in [0.1, 0.15) is 13.3 Å². The Balaban J connectivity index is 3.65. The van der Waals surface area contributed by atoms with Crippen LogP contribution in [0.4, 0.5) is 0 Å². The van der Waals surface area contributed by atoms with Gasteiger partial charge in [0.2, 0.25) is 0 Å². The van der Waals surface area contributed by atoms with Gasteiger partial charge in [-0.1, -0.05) is 11.6 Å². The molecule has 1 atom stereocenters. The molecule has 0 aliphatic heterocycles. The van der Waals surface area contributed by atoms with E-state index < -0.39 is 0 Å². The van der Waals surface area contributed by atoms with Crippen LogP contribution in [-0.4, -0.2) is 19.0 Å². The van der Waals surface area contributed by atoms with Crippen molar-refractivity contribution in [3.63, 3.8) is 0 Å². The topological polar surface area (TPSA) is 26.3 Å². The normalized spacial score (nSPS) is 12.1. The highest BCUT2D eigenvalue weighted by atomic mass is 16.5. The van der Waals surface area contributed by atoms with Crippen molar-refractivity contribution in [2.45, 2.75) is 19.4 Å². The van der Waals surface area contributed by atoms with Gasteiger partial charge >= 0.3 is 0 Å². The molecule has 0 fully saturated rings. The van der Waals surface area contributed by atoms with E-state index in [4.69, 9.17) is 4.74 Å². The minimum atomic E-state index is -0.356. The van der Waals surface area contributed by atoms with Crippen LogP contribution in [0.2, 0.25) is 0 Å². The van der Waals surface area contributed by atoms with Crippen molar-refractivity contribution in [3.05, 3.63) is 24.8 Å². The fourth-order valence-electron chi connectivity index (χ4n) is 0.681. The smallest absolute Gasteiger partial charge is 0.149 e. The number of hydrogen-bond acceptors (Lipinski definition) is 2. The lowest BCUT2D eigenvalue weighted by Crippen LogP contribution is -2.14. The Kier molecular flexibility index (Phi) is 5.39. The summed E-state index contributed by atoms with van der Waals surface area (Å²) >= 11 is 0. The van der Waals surface area contributed by atoms with Gasteiger partial charge in [-0.15, -0.1) is 13.2 Å². The van der Waals surface area contributed by atoms with Crippen LogP contribution in [0.25, 0.3) is 0 Å². The maximum atomic E-state index is 10.3. The molecule has 0 amide bonds. The Morgan fingerprint density at radius 1 is 1.73 bits per heavy atom. The lowest BCUT2D eigenvalue weighted by molar-refractivity contribution is -0.117. The van der Waals surface area contributed by atoms with E-state index in [2.05, 4.69) is 13.2 Å². The molecule has 0 radical (unpaired) electrons. The molecule has 0 rings (SSSR count). The first-order valence-electron chi connectivity index (χ1n) is 3.53. The third-order valence-electron chi connectivity index (χ3n) is 1.13. The summed E-state index contributed by atoms with van der Waals surface area (Å²) < 4.78 is 5.10. The van der Waals surface area contributed by atoms with Crippen molar-refractivity contribution in [1.82, 2.24) is 0 Å². The number of aldehydes is 1. The number of carbonyl (C=O) groups is 1. The first-order valence-corrected chi connectivity index (χ1v) is 3.53. The van der Waals surface area contributed by atoms with Crippen LogP contribution in [0, 0.1) is 0 Å². The van der Waals surface area contributed by atoms with Crippen LogP contribution in [0.5, 0.6) is 0 Å². The van der Waals surface area contributed by atoms with Gasteiger partial charge in [0.1, 0.15) is 12.4 Å². The fourth-order valence-corrected chi connectivity index (χ4v) is 0.681. The van der Waals surface area contributed by atoms with Crippen LogP contribution in [0.15, 0.2) is 24.8 Å². The molecule has 0 aromatic carbocycles. The molecule has 0 aromatic heterocycles. The van der Waals surface area contributed by atoms with E-state index in [1.165, 1.54) is 0 Å². The third kappa shape index (κ3) is 5.55. The summed E-state index contributed by atoms with van der Waals surface area (Å²) in [4.78, 5) is 10.3. The van der Waals surface area contributed by atoms with Gasteiger partial charge < -0.3 is 9.53 Å². The monoisotopic (exact) mass is 154 g/mol. The number of hydrogen-bond donors (Lipinski definition) is 0. The average Bonchev–Trinajstić information content (AvgIpc) is 1.97. The van der Waals surface area contributed by atoms with Gasteiger partial charge in [0.15, 0.2) is 0 Å². The molecule has 0 spiro atoms. The molecular weight excluding hydrogens is 140 g/mol. The van der Waals surface area contributed by atoms with E-state index in [9.17, 15) is 4.79 Å². The number of ether oxygens (including phenoxy) is 1. The summed E-state index contributed by atoms with van der Waals surface area (Å²) in [6.07, 6.45) is 2.65. The molecule has 0 unspecified atom stereocenters. The number of carbonyl (C=O) groups excluding carboxylic acids is 1. The Hall–Kier alpha value is -0.890. The first-order chi connectivity index (χ1) is 5.20. The Morgan fingerprint density at radius 3 is 2.73 bits per heavy atom. The predicted molar refractivity (Wildman–Crippen MR) is 45.4 cm³/mol. The number of rotatable bonds is 6. The van der Waals surface area contributed by atoms with Gasteiger partial charge in [-0.25, -0.2) is 0 Å². The molecular formula is C9H14O2. The zero-order valence-electron chi connectivity index (χ0n) is 6.88. The molecule has 0 aliphatic rings. The molecule has 0 heterocycles. The second kappa shape index (κ2) is 5.86. The van der Waals surface area contributed by atoms with E-state index in [1.54, 1.807) is 6.08 Å². The van der Waals surface area contributed by atoms with Gasteiger partial charge in [0.05, 0.1) is 6.61 Å². The van der Waals surface area contributed by atoms with Crippen molar-refractivity contribution in [2.75, 3.05) is 6.61 Å². The average molecular weight is 154 g/mol. The van der Waals surface area contributed by atoms with Crippen molar-refractivity contribution in [3.8, 4) is 0 Å². The largest absolute Gasteiger partial charge is 0.366 e. The fraction of sp³-hybridized carbons (Fsp3) is 0.444. The quantitative estimate of drug-likeness (QED) is 0.430. The first kappa shape index (κ1) is 10.1. The summed E-state index contributed by atoms with van der Waals surface area (Å²) in [5.74, 6) is 0. The molecule has 2 heteroatoms. The molecule has 0 aliphatic carbocycles. The van der Waals surface area contributed by atoms with Gasteiger partial charge in [-0.05, 0) is 6.92 Å². The highest BCUT2D eigenvalue weighted by Crippen LogP contribution is 2.03. The highest BCUT2D eigenvalue weighted by molar-refractivity contribution is 5.56. The molecule has 0 N–H and O–H groups in total. The van der Waals surface area contributed by atoms with Gasteiger partial charge in [-0.3, -0.25) is 0 Å². The SMILES string of the molecule is C=CCO[C@H](C=O)CC(=C)C. The highest BCUT2D eigenvalue weighted by Gasteiger charge is 2.05. The van der Waals surface area contributed by atoms with E-state index in [0.29, 0.717) is 13.0 Å². The lowest BCUT2D eigenvalue weighted by atomic mass is 10.2. The summed E-state index contributed by atoms with van der Waals surface area (Å²) in [6, 6.07) is 0. The van der Waals surface area contributed by atoms with Crippen molar-refractivity contribution < 1.29 is 9.53 Å².